The molecule has 1 N–H and O–H groups in total. The summed E-state index contributed by atoms with van der Waals surface area (Å²) in [7, 11) is 0. The number of rotatable bonds is 3. The summed E-state index contributed by atoms with van der Waals surface area (Å²) >= 11 is 0. The van der Waals surface area contributed by atoms with Crippen molar-refractivity contribution in [1.82, 2.24) is 14.6 Å². The van der Waals surface area contributed by atoms with Crippen LogP contribution >= 0.6 is 0 Å². The molecule has 2 heterocycles. The average Bonchev–Trinajstić information content (AvgIpc) is 2.91. The Bertz CT molecular complexity index is 839. The molecule has 0 amide bonds. The Hall–Kier alpha value is -2.20. The van der Waals surface area contributed by atoms with Crippen LogP contribution in [0.5, 0.6) is 0 Å². The van der Waals surface area contributed by atoms with Crippen LogP contribution in [0.3, 0.4) is 0 Å². The van der Waals surface area contributed by atoms with Gasteiger partial charge in [0.05, 0.1) is 11.0 Å². The van der Waals surface area contributed by atoms with Gasteiger partial charge in [0.15, 0.2) is 5.65 Å². The number of hydrogen-bond donors (Lipinski definition) is 1. The third kappa shape index (κ3) is 2.63. The highest BCUT2D eigenvalue weighted by atomic mass is 16.3. The van der Waals surface area contributed by atoms with E-state index in [4.69, 9.17) is 0 Å². The SMILES string of the molecule is Cc1ccc(C(C)(C)c2nnc3c(C(C)(C)O)cccn23)cc1. The van der Waals surface area contributed by atoms with Gasteiger partial charge < -0.3 is 5.11 Å². The molecule has 3 aromatic rings. The van der Waals surface area contributed by atoms with E-state index < -0.39 is 5.60 Å². The summed E-state index contributed by atoms with van der Waals surface area (Å²) in [4.78, 5) is 0. The normalized spacial score (nSPS) is 12.8. The molecule has 0 spiro atoms. The molecule has 2 aromatic heterocycles. The van der Waals surface area contributed by atoms with Crippen LogP contribution in [0.25, 0.3) is 5.65 Å². The number of pyridine rings is 1. The van der Waals surface area contributed by atoms with Crippen LogP contribution in [0, 0.1) is 6.92 Å². The summed E-state index contributed by atoms with van der Waals surface area (Å²) in [5, 5.41) is 19.2. The summed E-state index contributed by atoms with van der Waals surface area (Å²) < 4.78 is 1.98. The number of aliphatic hydroxyl groups is 1. The van der Waals surface area contributed by atoms with Gasteiger partial charge in [-0.1, -0.05) is 35.9 Å². The van der Waals surface area contributed by atoms with Crippen molar-refractivity contribution in [3.63, 3.8) is 0 Å². The zero-order valence-corrected chi connectivity index (χ0v) is 14.3. The molecule has 0 atom stereocenters. The first-order valence-corrected chi connectivity index (χ1v) is 7.85. The maximum atomic E-state index is 10.4. The third-order valence-corrected chi connectivity index (χ3v) is 4.43. The molecule has 0 saturated carbocycles. The molecule has 23 heavy (non-hydrogen) atoms. The quantitative estimate of drug-likeness (QED) is 0.804. The second kappa shape index (κ2) is 5.17. The molecule has 1 aromatic carbocycles. The Labute approximate surface area is 136 Å². The highest BCUT2D eigenvalue weighted by Crippen LogP contribution is 2.32. The molecule has 0 saturated heterocycles. The molecule has 3 rings (SSSR count). The van der Waals surface area contributed by atoms with Crippen molar-refractivity contribution in [3.05, 3.63) is 65.1 Å². The number of benzene rings is 1. The minimum atomic E-state index is -0.958. The fourth-order valence-corrected chi connectivity index (χ4v) is 2.92. The van der Waals surface area contributed by atoms with Crippen molar-refractivity contribution in [2.75, 3.05) is 0 Å². The fraction of sp³-hybridized carbons (Fsp3) is 0.368. The van der Waals surface area contributed by atoms with Crippen LogP contribution in [0.2, 0.25) is 0 Å². The number of fused-ring (bicyclic) bond motifs is 1. The third-order valence-electron chi connectivity index (χ3n) is 4.43. The van der Waals surface area contributed by atoms with Gasteiger partial charge in [-0.05, 0) is 46.2 Å². The van der Waals surface area contributed by atoms with Crippen molar-refractivity contribution in [1.29, 1.82) is 0 Å². The first-order chi connectivity index (χ1) is 10.7. The molecule has 120 valence electrons. The average molecular weight is 309 g/mol. The first kappa shape index (κ1) is 15.7. The van der Waals surface area contributed by atoms with Gasteiger partial charge in [-0.25, -0.2) is 0 Å². The summed E-state index contributed by atoms with van der Waals surface area (Å²) in [6.45, 7) is 9.90. The Morgan fingerprint density at radius 2 is 1.61 bits per heavy atom. The Morgan fingerprint density at radius 3 is 2.22 bits per heavy atom. The van der Waals surface area contributed by atoms with Gasteiger partial charge >= 0.3 is 0 Å². The second-order valence-electron chi connectivity index (χ2n) is 7.19. The van der Waals surface area contributed by atoms with E-state index in [0.29, 0.717) is 5.65 Å². The molecule has 0 bridgehead atoms. The molecule has 0 fully saturated rings. The number of aryl methyl sites for hydroxylation is 1. The Kier molecular flexibility index (Phi) is 3.52. The van der Waals surface area contributed by atoms with Gasteiger partial charge in [0.2, 0.25) is 0 Å². The van der Waals surface area contributed by atoms with Crippen LogP contribution in [-0.2, 0) is 11.0 Å². The van der Waals surface area contributed by atoms with E-state index in [1.807, 2.05) is 22.7 Å². The standard InChI is InChI=1S/C19H23N3O/c1-13-8-10-14(11-9-13)18(2,3)17-21-20-16-15(19(4,5)23)7-6-12-22(16)17/h6-12,23H,1-5H3. The van der Waals surface area contributed by atoms with E-state index in [0.717, 1.165) is 11.4 Å². The zero-order chi connectivity index (χ0) is 16.8. The molecule has 0 radical (unpaired) electrons. The van der Waals surface area contributed by atoms with Crippen LogP contribution in [0.15, 0.2) is 42.6 Å². The van der Waals surface area contributed by atoms with E-state index in [9.17, 15) is 5.11 Å². The number of hydrogen-bond acceptors (Lipinski definition) is 3. The lowest BCUT2D eigenvalue weighted by atomic mass is 9.83. The lowest BCUT2D eigenvalue weighted by molar-refractivity contribution is 0.0796. The van der Waals surface area contributed by atoms with Gasteiger partial charge in [-0.15, -0.1) is 10.2 Å². The molecule has 0 unspecified atom stereocenters. The highest BCUT2D eigenvalue weighted by molar-refractivity contribution is 5.51. The largest absolute Gasteiger partial charge is 0.386 e. The predicted molar refractivity (Wildman–Crippen MR) is 91.5 cm³/mol. The number of nitrogens with zero attached hydrogens (tertiary/aromatic N) is 3. The van der Waals surface area contributed by atoms with E-state index in [1.165, 1.54) is 11.1 Å². The lowest BCUT2D eigenvalue weighted by Gasteiger charge is -2.24. The Balaban J connectivity index is 2.19. The topological polar surface area (TPSA) is 50.4 Å². The van der Waals surface area contributed by atoms with Crippen LogP contribution < -0.4 is 0 Å². The van der Waals surface area contributed by atoms with Crippen LogP contribution in [-0.4, -0.2) is 19.7 Å². The van der Waals surface area contributed by atoms with Gasteiger partial charge in [-0.2, -0.15) is 0 Å². The van der Waals surface area contributed by atoms with E-state index in [1.54, 1.807) is 13.8 Å². The lowest BCUT2D eigenvalue weighted by Crippen LogP contribution is -2.23. The van der Waals surface area contributed by atoms with E-state index in [2.05, 4.69) is 55.2 Å². The van der Waals surface area contributed by atoms with E-state index in [-0.39, 0.29) is 5.41 Å². The van der Waals surface area contributed by atoms with Crippen LogP contribution in [0.1, 0.15) is 50.2 Å². The van der Waals surface area contributed by atoms with Crippen molar-refractivity contribution in [3.8, 4) is 0 Å². The van der Waals surface area contributed by atoms with Gasteiger partial charge in [0.1, 0.15) is 5.82 Å². The molecule has 0 aliphatic carbocycles. The minimum absolute atomic E-state index is 0.286. The first-order valence-electron chi connectivity index (χ1n) is 7.85. The molecule has 4 heteroatoms. The van der Waals surface area contributed by atoms with Crippen LogP contribution in [0.4, 0.5) is 0 Å². The Morgan fingerprint density at radius 1 is 0.957 bits per heavy atom. The van der Waals surface area contributed by atoms with Gasteiger partial charge in [-0.3, -0.25) is 4.40 Å². The predicted octanol–water partition coefficient (Wildman–Crippen LogP) is 3.59. The monoisotopic (exact) mass is 309 g/mol. The van der Waals surface area contributed by atoms with Gasteiger partial charge in [0.25, 0.3) is 0 Å². The fourth-order valence-electron chi connectivity index (χ4n) is 2.92. The van der Waals surface area contributed by atoms with Gasteiger partial charge in [0, 0.05) is 11.8 Å². The summed E-state index contributed by atoms with van der Waals surface area (Å²) in [6.07, 6.45) is 1.95. The summed E-state index contributed by atoms with van der Waals surface area (Å²) in [6, 6.07) is 12.3. The maximum absolute atomic E-state index is 10.4. The molecule has 4 nitrogen and oxygen atoms in total. The zero-order valence-electron chi connectivity index (χ0n) is 14.3. The van der Waals surface area contributed by atoms with E-state index >= 15 is 0 Å². The molecule has 0 aliphatic heterocycles. The van der Waals surface area contributed by atoms with Crippen molar-refractivity contribution in [2.24, 2.45) is 0 Å². The smallest absolute Gasteiger partial charge is 0.166 e. The highest BCUT2D eigenvalue weighted by Gasteiger charge is 2.30. The minimum Gasteiger partial charge on any atom is -0.386 e. The van der Waals surface area contributed by atoms with Crippen molar-refractivity contribution < 1.29 is 5.11 Å². The molecular formula is C19H23N3O. The van der Waals surface area contributed by atoms with Crippen molar-refractivity contribution in [2.45, 2.75) is 45.6 Å². The summed E-state index contributed by atoms with van der Waals surface area (Å²) in [5.41, 5.74) is 2.66. The second-order valence-corrected chi connectivity index (χ2v) is 7.19. The summed E-state index contributed by atoms with van der Waals surface area (Å²) in [5.74, 6) is 0.863. The van der Waals surface area contributed by atoms with Crippen molar-refractivity contribution >= 4 is 5.65 Å². The number of aromatic nitrogens is 3. The maximum Gasteiger partial charge on any atom is 0.166 e. The molecule has 0 aliphatic rings. The molecular weight excluding hydrogens is 286 g/mol.